The number of hydrogen-bond donors (Lipinski definition) is 0. The van der Waals surface area contributed by atoms with Gasteiger partial charge in [-0.3, -0.25) is 9.59 Å². The third-order valence-corrected chi connectivity index (χ3v) is 9.21. The molecule has 34 heavy (non-hydrogen) atoms. The summed E-state index contributed by atoms with van der Waals surface area (Å²) >= 11 is 0. The van der Waals surface area contributed by atoms with Crippen LogP contribution in [0.25, 0.3) is 0 Å². The average molecular weight is 473 g/mol. The lowest BCUT2D eigenvalue weighted by Crippen LogP contribution is -2.47. The molecule has 0 aliphatic carbocycles. The molecule has 0 spiro atoms. The lowest BCUT2D eigenvalue weighted by atomic mass is 9.88. The van der Waals surface area contributed by atoms with E-state index in [4.69, 9.17) is 0 Å². The highest BCUT2D eigenvalue weighted by Gasteiger charge is 2.44. The normalized spacial score (nSPS) is 22.5. The molecule has 0 unspecified atom stereocenters. The van der Waals surface area contributed by atoms with Gasteiger partial charge in [0.25, 0.3) is 5.91 Å². The summed E-state index contributed by atoms with van der Waals surface area (Å²) in [5, 5.41) is 0. The predicted octanol–water partition coefficient (Wildman–Crippen LogP) is 3.82. The summed E-state index contributed by atoms with van der Waals surface area (Å²) in [4.78, 5) is 30.9. The summed E-state index contributed by atoms with van der Waals surface area (Å²) in [6.07, 6.45) is 0.843. The summed E-state index contributed by atoms with van der Waals surface area (Å²) in [5.74, 6) is -0.351. The minimum absolute atomic E-state index is 0.00512. The van der Waals surface area contributed by atoms with E-state index in [1.54, 1.807) is 18.2 Å². The van der Waals surface area contributed by atoms with Crippen molar-refractivity contribution in [3.05, 3.63) is 88.5 Å². The number of aryl methyl sites for hydroxylation is 1. The number of fused-ring (bicyclic) bond motifs is 5. The van der Waals surface area contributed by atoms with Gasteiger partial charge in [0.05, 0.1) is 9.79 Å². The van der Waals surface area contributed by atoms with Crippen molar-refractivity contribution in [2.45, 2.75) is 35.1 Å². The highest BCUT2D eigenvalue weighted by molar-refractivity contribution is 7.91. The smallest absolute Gasteiger partial charge is 0.258 e. The fourth-order valence-corrected chi connectivity index (χ4v) is 7.38. The first-order valence-corrected chi connectivity index (χ1v) is 12.9. The Balaban J connectivity index is 1.46. The Bertz CT molecular complexity index is 1490. The van der Waals surface area contributed by atoms with Crippen molar-refractivity contribution in [2.24, 2.45) is 0 Å². The molecule has 6 nitrogen and oxygen atoms in total. The Morgan fingerprint density at radius 1 is 0.971 bits per heavy atom. The van der Waals surface area contributed by atoms with Crippen LogP contribution >= 0.6 is 0 Å². The number of ketones is 1. The van der Waals surface area contributed by atoms with Crippen LogP contribution in [0.4, 0.5) is 5.69 Å². The van der Waals surface area contributed by atoms with E-state index in [0.29, 0.717) is 0 Å². The molecule has 1 amide bonds. The molecule has 172 valence electrons. The van der Waals surface area contributed by atoms with Gasteiger partial charge in [0.1, 0.15) is 0 Å². The molecular weight excluding hydrogens is 448 g/mol. The molecule has 1 fully saturated rings. The number of anilines is 1. The van der Waals surface area contributed by atoms with Crippen molar-refractivity contribution in [3.8, 4) is 0 Å². The minimum atomic E-state index is -3.91. The largest absolute Gasteiger partial charge is 0.306 e. The van der Waals surface area contributed by atoms with E-state index in [0.717, 1.165) is 30.8 Å². The van der Waals surface area contributed by atoms with Gasteiger partial charge in [-0.25, -0.2) is 8.42 Å². The first-order chi connectivity index (χ1) is 16.3. The van der Waals surface area contributed by atoms with Gasteiger partial charge < -0.3 is 9.80 Å². The number of carbonyl (C=O) groups is 2. The quantitative estimate of drug-likeness (QED) is 0.421. The van der Waals surface area contributed by atoms with Crippen LogP contribution in [-0.2, 0) is 9.84 Å². The summed E-state index contributed by atoms with van der Waals surface area (Å²) in [7, 11) is -1.81. The molecule has 3 aromatic carbocycles. The van der Waals surface area contributed by atoms with Crippen LogP contribution < -0.4 is 4.90 Å². The fourth-order valence-electron chi connectivity index (χ4n) is 5.70. The molecule has 0 radical (unpaired) electrons. The molecule has 2 atom stereocenters. The zero-order chi connectivity index (χ0) is 23.8. The van der Waals surface area contributed by atoms with Gasteiger partial charge in [0.15, 0.2) is 5.78 Å². The van der Waals surface area contributed by atoms with Crippen LogP contribution in [0.15, 0.2) is 70.5 Å². The Kier molecular flexibility index (Phi) is 4.60. The van der Waals surface area contributed by atoms with Crippen molar-refractivity contribution in [3.63, 3.8) is 0 Å². The molecule has 3 aliphatic rings. The number of likely N-dealkylation sites (N-methyl/N-ethyl adjacent to an activating group) is 1. The van der Waals surface area contributed by atoms with Crippen molar-refractivity contribution in [2.75, 3.05) is 25.0 Å². The van der Waals surface area contributed by atoms with Crippen LogP contribution in [-0.4, -0.2) is 51.2 Å². The van der Waals surface area contributed by atoms with Gasteiger partial charge in [-0.05, 0) is 68.9 Å². The molecule has 3 aromatic rings. The maximum Gasteiger partial charge on any atom is 0.258 e. The third-order valence-electron chi connectivity index (χ3n) is 7.36. The first-order valence-electron chi connectivity index (χ1n) is 11.4. The number of hydrogen-bond acceptors (Lipinski definition) is 5. The third kappa shape index (κ3) is 2.93. The van der Waals surface area contributed by atoms with Crippen LogP contribution in [0, 0.1) is 6.92 Å². The molecule has 0 N–H and O–H groups in total. The van der Waals surface area contributed by atoms with Crippen LogP contribution in [0.3, 0.4) is 0 Å². The number of piperidine rings is 1. The Hall–Kier alpha value is -3.29. The average Bonchev–Trinajstić information content (AvgIpc) is 3.14. The van der Waals surface area contributed by atoms with Gasteiger partial charge in [0, 0.05) is 40.9 Å². The van der Waals surface area contributed by atoms with Crippen LogP contribution in [0.5, 0.6) is 0 Å². The van der Waals surface area contributed by atoms with E-state index in [9.17, 15) is 18.0 Å². The molecule has 0 aromatic heterocycles. The highest BCUT2D eigenvalue weighted by Crippen LogP contribution is 2.46. The maximum absolute atomic E-state index is 13.9. The summed E-state index contributed by atoms with van der Waals surface area (Å²) in [5.41, 5.74) is 3.78. The van der Waals surface area contributed by atoms with E-state index in [1.165, 1.54) is 29.8 Å². The molecule has 3 heterocycles. The van der Waals surface area contributed by atoms with E-state index in [1.807, 2.05) is 17.0 Å². The lowest BCUT2D eigenvalue weighted by Gasteiger charge is -2.36. The van der Waals surface area contributed by atoms with Gasteiger partial charge in [-0.15, -0.1) is 0 Å². The summed E-state index contributed by atoms with van der Waals surface area (Å²) in [6, 6.07) is 16.9. The predicted molar refractivity (Wildman–Crippen MR) is 128 cm³/mol. The number of nitrogens with zero attached hydrogens (tertiary/aromatic N) is 2. The van der Waals surface area contributed by atoms with E-state index >= 15 is 0 Å². The molecule has 3 aliphatic heterocycles. The Labute approximate surface area is 198 Å². The number of likely N-dealkylation sites (tertiary alicyclic amines) is 1. The van der Waals surface area contributed by atoms with Gasteiger partial charge in [-0.2, -0.15) is 0 Å². The number of sulfone groups is 1. The van der Waals surface area contributed by atoms with E-state index < -0.39 is 9.84 Å². The SMILES string of the molecule is Cc1ccc2c(c1)[C@@H]1CN(C)CC[C@@H]1N2C(=O)c1ccc2c(c1)S(=O)(=O)c1ccccc1C2=O. The van der Waals surface area contributed by atoms with Crippen molar-refractivity contribution < 1.29 is 18.0 Å². The molecule has 1 saturated heterocycles. The first kappa shape index (κ1) is 21.3. The second-order valence-corrected chi connectivity index (χ2v) is 11.4. The van der Waals surface area contributed by atoms with Crippen LogP contribution in [0.2, 0.25) is 0 Å². The molecular formula is C27H24N2O4S. The second-order valence-electron chi connectivity index (χ2n) is 9.50. The highest BCUT2D eigenvalue weighted by atomic mass is 32.2. The monoisotopic (exact) mass is 472 g/mol. The van der Waals surface area contributed by atoms with Crippen LogP contribution in [0.1, 0.15) is 49.7 Å². The Morgan fingerprint density at radius 2 is 1.74 bits per heavy atom. The van der Waals surface area contributed by atoms with Gasteiger partial charge in [-0.1, -0.05) is 29.8 Å². The maximum atomic E-state index is 13.9. The number of carbonyl (C=O) groups excluding carboxylic acids is 2. The number of benzene rings is 3. The van der Waals surface area contributed by atoms with Crippen molar-refractivity contribution >= 4 is 27.2 Å². The lowest BCUT2D eigenvalue weighted by molar-refractivity contribution is 0.0962. The number of amides is 1. The molecule has 7 heteroatoms. The minimum Gasteiger partial charge on any atom is -0.306 e. The molecule has 0 bridgehead atoms. The van der Waals surface area contributed by atoms with Gasteiger partial charge in [0.2, 0.25) is 9.84 Å². The zero-order valence-electron chi connectivity index (χ0n) is 19.0. The van der Waals surface area contributed by atoms with Crippen molar-refractivity contribution in [1.82, 2.24) is 4.90 Å². The number of rotatable bonds is 1. The summed E-state index contributed by atoms with van der Waals surface area (Å²) in [6.45, 7) is 3.81. The van der Waals surface area contributed by atoms with E-state index in [-0.39, 0.29) is 50.1 Å². The zero-order valence-corrected chi connectivity index (χ0v) is 19.8. The Morgan fingerprint density at radius 3 is 2.56 bits per heavy atom. The standard InChI is InChI=1S/C27H24N2O4S/c1-16-7-10-22-20(13-16)21-15-28(2)12-11-23(21)29(22)27(31)17-8-9-19-25(14-17)34(32,33)24-6-4-3-5-18(24)26(19)30/h3-10,13-14,21,23H,11-12,15H2,1-2H3/t21-,23-/m0/s1. The second kappa shape index (κ2) is 7.35. The molecule has 6 rings (SSSR count). The summed E-state index contributed by atoms with van der Waals surface area (Å²) < 4.78 is 26.7. The topological polar surface area (TPSA) is 74.8 Å². The molecule has 0 saturated carbocycles. The fraction of sp³-hybridized carbons (Fsp3) is 0.259. The van der Waals surface area contributed by atoms with Gasteiger partial charge >= 0.3 is 0 Å². The van der Waals surface area contributed by atoms with Crippen molar-refractivity contribution in [1.29, 1.82) is 0 Å². The van der Waals surface area contributed by atoms with E-state index in [2.05, 4.69) is 24.9 Å².